The molecule has 154 valence electrons. The second-order valence-electron chi connectivity index (χ2n) is 9.00. The molecule has 4 aliphatic carbocycles. The number of aromatic nitrogens is 3. The minimum absolute atomic E-state index is 0.0777. The molecule has 0 aliphatic heterocycles. The van der Waals surface area contributed by atoms with Gasteiger partial charge in [0.25, 0.3) is 0 Å². The van der Waals surface area contributed by atoms with Crippen LogP contribution in [0, 0.1) is 17.8 Å². The van der Waals surface area contributed by atoms with Crippen LogP contribution in [0.3, 0.4) is 0 Å². The van der Waals surface area contributed by atoms with E-state index in [1.54, 1.807) is 6.33 Å². The molecule has 4 aliphatic rings. The second-order valence-corrected chi connectivity index (χ2v) is 9.95. The van der Waals surface area contributed by atoms with Crippen LogP contribution >= 0.6 is 11.8 Å². The maximum absolute atomic E-state index is 12.5. The van der Waals surface area contributed by atoms with Crippen molar-refractivity contribution in [3.63, 3.8) is 0 Å². The van der Waals surface area contributed by atoms with Gasteiger partial charge in [-0.15, -0.1) is 10.2 Å². The number of hydrogen-bond acceptors (Lipinski definition) is 5. The van der Waals surface area contributed by atoms with E-state index in [2.05, 4.69) is 27.8 Å². The summed E-state index contributed by atoms with van der Waals surface area (Å²) in [6.07, 6.45) is 12.3. The molecule has 8 heteroatoms. The van der Waals surface area contributed by atoms with Gasteiger partial charge < -0.3 is 9.88 Å². The standard InChI is InChI=1S/C20H31N5O2S/c1-2-3-4-5-25-13-21-24-19(25)28-12-17(26)22-18(27)23-20-9-14-6-15(10-20)8-16(7-14)11-20/h13-16H,2-12H2,1H3,(H2,22,23,26,27). The Bertz CT molecular complexity index is 684. The van der Waals surface area contributed by atoms with Gasteiger partial charge in [0.1, 0.15) is 6.33 Å². The van der Waals surface area contributed by atoms with Crippen molar-refractivity contribution in [2.45, 2.75) is 82.0 Å². The van der Waals surface area contributed by atoms with Crippen molar-refractivity contribution >= 4 is 23.7 Å². The van der Waals surface area contributed by atoms with E-state index in [1.165, 1.54) is 31.0 Å². The Kier molecular flexibility index (Phi) is 5.94. The molecular weight excluding hydrogens is 374 g/mol. The topological polar surface area (TPSA) is 88.9 Å². The largest absolute Gasteiger partial charge is 0.332 e. The summed E-state index contributed by atoms with van der Waals surface area (Å²) in [5.41, 5.74) is -0.0777. The number of carbonyl (C=O) groups is 2. The van der Waals surface area contributed by atoms with Crippen LogP contribution in [-0.2, 0) is 11.3 Å². The van der Waals surface area contributed by atoms with Crippen LogP contribution in [0.2, 0.25) is 0 Å². The van der Waals surface area contributed by atoms with Crippen molar-refractivity contribution in [3.05, 3.63) is 6.33 Å². The molecule has 4 fully saturated rings. The number of imide groups is 1. The third-order valence-corrected chi connectivity index (χ3v) is 7.57. The average molecular weight is 406 g/mol. The van der Waals surface area contributed by atoms with Crippen LogP contribution in [0.1, 0.15) is 64.7 Å². The average Bonchev–Trinajstić information content (AvgIpc) is 3.06. The normalized spacial score (nSPS) is 30.4. The van der Waals surface area contributed by atoms with Crippen LogP contribution in [0.25, 0.3) is 0 Å². The van der Waals surface area contributed by atoms with E-state index in [0.717, 1.165) is 68.0 Å². The van der Waals surface area contributed by atoms with Gasteiger partial charge in [0.2, 0.25) is 5.91 Å². The Morgan fingerprint density at radius 2 is 1.86 bits per heavy atom. The van der Waals surface area contributed by atoms with Crippen LogP contribution in [-0.4, -0.2) is 38.0 Å². The number of urea groups is 1. The summed E-state index contributed by atoms with van der Waals surface area (Å²) in [6.45, 7) is 3.03. The number of amides is 3. The van der Waals surface area contributed by atoms with Gasteiger partial charge in [0, 0.05) is 12.1 Å². The molecule has 1 aromatic heterocycles. The maximum Gasteiger partial charge on any atom is 0.321 e. The van der Waals surface area contributed by atoms with Gasteiger partial charge in [-0.25, -0.2) is 4.79 Å². The molecule has 28 heavy (non-hydrogen) atoms. The molecule has 5 rings (SSSR count). The highest BCUT2D eigenvalue weighted by Gasteiger charge is 2.51. The molecule has 0 saturated heterocycles. The summed E-state index contributed by atoms with van der Waals surface area (Å²) < 4.78 is 1.98. The lowest BCUT2D eigenvalue weighted by Crippen LogP contribution is -2.61. The first-order chi connectivity index (χ1) is 13.5. The molecule has 0 spiro atoms. The molecule has 3 amide bonds. The Morgan fingerprint density at radius 1 is 1.18 bits per heavy atom. The number of hydrogen-bond donors (Lipinski definition) is 2. The van der Waals surface area contributed by atoms with Crippen molar-refractivity contribution in [1.82, 2.24) is 25.4 Å². The first kappa shape index (κ1) is 19.7. The Hall–Kier alpha value is -1.57. The highest BCUT2D eigenvalue weighted by molar-refractivity contribution is 7.99. The van der Waals surface area contributed by atoms with Crippen molar-refractivity contribution in [2.75, 3.05) is 5.75 Å². The molecule has 7 nitrogen and oxygen atoms in total. The highest BCUT2D eigenvalue weighted by atomic mass is 32.2. The lowest BCUT2D eigenvalue weighted by Gasteiger charge is -2.56. The Morgan fingerprint density at radius 3 is 2.50 bits per heavy atom. The van der Waals surface area contributed by atoms with Crippen LogP contribution < -0.4 is 10.6 Å². The van der Waals surface area contributed by atoms with Crippen LogP contribution in [0.5, 0.6) is 0 Å². The minimum atomic E-state index is -0.336. The predicted molar refractivity (Wildman–Crippen MR) is 108 cm³/mol. The monoisotopic (exact) mass is 405 g/mol. The third-order valence-electron chi connectivity index (χ3n) is 6.58. The Labute approximate surface area is 170 Å². The van der Waals surface area contributed by atoms with Gasteiger partial charge in [-0.1, -0.05) is 31.5 Å². The number of thioether (sulfide) groups is 1. The fourth-order valence-electron chi connectivity index (χ4n) is 5.87. The van der Waals surface area contributed by atoms with Crippen molar-refractivity contribution in [3.8, 4) is 0 Å². The molecular formula is C20H31N5O2S. The lowest BCUT2D eigenvalue weighted by molar-refractivity contribution is -0.117. The molecule has 4 bridgehead atoms. The first-order valence-electron chi connectivity index (χ1n) is 10.7. The molecule has 4 saturated carbocycles. The number of nitrogens with zero attached hydrogens (tertiary/aromatic N) is 3. The quantitative estimate of drug-likeness (QED) is 0.511. The summed E-state index contributed by atoms with van der Waals surface area (Å²) in [5, 5.41) is 14.5. The van der Waals surface area contributed by atoms with E-state index >= 15 is 0 Å². The van der Waals surface area contributed by atoms with E-state index in [4.69, 9.17) is 0 Å². The van der Waals surface area contributed by atoms with Gasteiger partial charge in [-0.05, 0) is 62.7 Å². The summed E-state index contributed by atoms with van der Waals surface area (Å²) in [4.78, 5) is 24.7. The zero-order valence-corrected chi connectivity index (χ0v) is 17.5. The summed E-state index contributed by atoms with van der Waals surface area (Å²) in [5.74, 6) is 2.17. The van der Waals surface area contributed by atoms with Crippen LogP contribution in [0.4, 0.5) is 4.79 Å². The van der Waals surface area contributed by atoms with Gasteiger partial charge in [0.15, 0.2) is 5.16 Å². The lowest BCUT2D eigenvalue weighted by atomic mass is 9.53. The van der Waals surface area contributed by atoms with Gasteiger partial charge in [0.05, 0.1) is 5.75 Å². The Balaban J connectivity index is 1.23. The SMILES string of the molecule is CCCCCn1cnnc1SCC(=O)NC(=O)NC12CC3CC(CC(C3)C1)C2. The molecule has 2 N–H and O–H groups in total. The van der Waals surface area contributed by atoms with E-state index < -0.39 is 0 Å². The summed E-state index contributed by atoms with van der Waals surface area (Å²) in [6, 6.07) is -0.336. The van der Waals surface area contributed by atoms with Gasteiger partial charge >= 0.3 is 6.03 Å². The molecule has 0 radical (unpaired) electrons. The second kappa shape index (κ2) is 8.43. The number of unbranched alkanes of at least 4 members (excludes halogenated alkanes) is 2. The van der Waals surface area contributed by atoms with Crippen molar-refractivity contribution < 1.29 is 9.59 Å². The maximum atomic E-state index is 12.5. The zero-order valence-electron chi connectivity index (χ0n) is 16.7. The van der Waals surface area contributed by atoms with Crippen molar-refractivity contribution in [1.29, 1.82) is 0 Å². The van der Waals surface area contributed by atoms with E-state index in [1.807, 2.05) is 4.57 Å². The van der Waals surface area contributed by atoms with Gasteiger partial charge in [-0.3, -0.25) is 10.1 Å². The van der Waals surface area contributed by atoms with Crippen LogP contribution in [0.15, 0.2) is 11.5 Å². The third kappa shape index (κ3) is 4.53. The smallest absolute Gasteiger partial charge is 0.321 e. The fraction of sp³-hybridized carbons (Fsp3) is 0.800. The number of nitrogens with one attached hydrogen (secondary N) is 2. The molecule has 0 atom stereocenters. The molecule has 1 heterocycles. The summed E-state index contributed by atoms with van der Waals surface area (Å²) in [7, 11) is 0. The van der Waals surface area contributed by atoms with E-state index in [9.17, 15) is 9.59 Å². The number of rotatable bonds is 8. The molecule has 0 aromatic carbocycles. The highest BCUT2D eigenvalue weighted by Crippen LogP contribution is 2.55. The predicted octanol–water partition coefficient (Wildman–Crippen LogP) is 3.36. The first-order valence-corrected chi connectivity index (χ1v) is 11.7. The van der Waals surface area contributed by atoms with Gasteiger partial charge in [-0.2, -0.15) is 0 Å². The fourth-order valence-corrected chi connectivity index (χ4v) is 6.61. The molecule has 0 unspecified atom stereocenters. The summed E-state index contributed by atoms with van der Waals surface area (Å²) >= 11 is 1.33. The molecule has 1 aromatic rings. The van der Waals surface area contributed by atoms with E-state index in [-0.39, 0.29) is 23.2 Å². The number of carbonyl (C=O) groups excluding carboxylic acids is 2. The van der Waals surface area contributed by atoms with E-state index in [0.29, 0.717) is 0 Å². The minimum Gasteiger partial charge on any atom is -0.332 e. The zero-order chi connectivity index (χ0) is 19.6. The number of aryl methyl sites for hydroxylation is 1. The van der Waals surface area contributed by atoms with Crippen molar-refractivity contribution in [2.24, 2.45) is 17.8 Å².